The van der Waals surface area contributed by atoms with E-state index in [0.29, 0.717) is 11.1 Å². The number of benzene rings is 1. The molecule has 0 aliphatic heterocycles. The molecule has 90 valence electrons. The van der Waals surface area contributed by atoms with Crippen molar-refractivity contribution in [2.24, 2.45) is 11.7 Å². The average molecular weight is 249 g/mol. The lowest BCUT2D eigenvalue weighted by Gasteiger charge is -2.09. The first-order valence-corrected chi connectivity index (χ1v) is 6.24. The molecule has 1 unspecified atom stereocenters. The first-order valence-electron chi connectivity index (χ1n) is 5.86. The molecule has 2 N–H and O–H groups in total. The van der Waals surface area contributed by atoms with Crippen LogP contribution in [-0.2, 0) is 6.42 Å². The van der Waals surface area contributed by atoms with Crippen LogP contribution in [-0.4, -0.2) is 11.5 Å². The third kappa shape index (κ3) is 2.76. The van der Waals surface area contributed by atoms with Crippen molar-refractivity contribution in [3.05, 3.63) is 40.5 Å². The smallest absolute Gasteiger partial charge is 0.132 e. The maximum atomic E-state index is 6.01. The number of halogens is 1. The zero-order chi connectivity index (χ0) is 12.4. The Balaban J connectivity index is 2.40. The van der Waals surface area contributed by atoms with E-state index in [1.165, 1.54) is 5.56 Å². The fourth-order valence-electron chi connectivity index (χ4n) is 1.92. The first kappa shape index (κ1) is 12.3. The van der Waals surface area contributed by atoms with Crippen LogP contribution in [0.25, 0.3) is 10.9 Å². The Kier molecular flexibility index (Phi) is 3.65. The van der Waals surface area contributed by atoms with Crippen LogP contribution in [0.15, 0.2) is 24.3 Å². The second-order valence-electron chi connectivity index (χ2n) is 4.67. The number of hydrogen-bond donors (Lipinski definition) is 1. The summed E-state index contributed by atoms with van der Waals surface area (Å²) in [5.74, 6) is 0.508. The van der Waals surface area contributed by atoms with E-state index in [1.807, 2.05) is 13.0 Å². The molecule has 17 heavy (non-hydrogen) atoms. The zero-order valence-corrected chi connectivity index (χ0v) is 11.0. The molecule has 0 saturated carbocycles. The van der Waals surface area contributed by atoms with E-state index in [-0.39, 0.29) is 0 Å². The molecule has 0 spiro atoms. The van der Waals surface area contributed by atoms with Crippen molar-refractivity contribution in [1.29, 1.82) is 0 Å². The molecule has 0 saturated heterocycles. The molecule has 0 radical (unpaired) electrons. The van der Waals surface area contributed by atoms with Gasteiger partial charge in [-0.05, 0) is 55.1 Å². The van der Waals surface area contributed by atoms with Crippen LogP contribution in [0.1, 0.15) is 18.1 Å². The van der Waals surface area contributed by atoms with Gasteiger partial charge in [0.25, 0.3) is 0 Å². The van der Waals surface area contributed by atoms with E-state index in [1.54, 1.807) is 0 Å². The maximum Gasteiger partial charge on any atom is 0.132 e. The van der Waals surface area contributed by atoms with Gasteiger partial charge in [0.2, 0.25) is 0 Å². The van der Waals surface area contributed by atoms with Gasteiger partial charge in [0.05, 0.1) is 5.52 Å². The number of pyridine rings is 1. The molecule has 2 rings (SSSR count). The van der Waals surface area contributed by atoms with Gasteiger partial charge in [0, 0.05) is 5.39 Å². The second-order valence-corrected chi connectivity index (χ2v) is 5.03. The van der Waals surface area contributed by atoms with Crippen molar-refractivity contribution < 1.29 is 0 Å². The summed E-state index contributed by atoms with van der Waals surface area (Å²) in [4.78, 5) is 4.36. The predicted octanol–water partition coefficient (Wildman–Crippen LogP) is 3.33. The van der Waals surface area contributed by atoms with Crippen LogP contribution >= 0.6 is 11.6 Å². The molecule has 1 aromatic carbocycles. The topological polar surface area (TPSA) is 38.9 Å². The van der Waals surface area contributed by atoms with E-state index in [4.69, 9.17) is 17.3 Å². The van der Waals surface area contributed by atoms with Crippen molar-refractivity contribution in [3.8, 4) is 0 Å². The van der Waals surface area contributed by atoms with Gasteiger partial charge in [-0.2, -0.15) is 0 Å². The van der Waals surface area contributed by atoms with Crippen LogP contribution in [0.4, 0.5) is 0 Å². The van der Waals surface area contributed by atoms with E-state index >= 15 is 0 Å². The maximum absolute atomic E-state index is 6.01. The molecule has 1 atom stereocenters. The van der Waals surface area contributed by atoms with Gasteiger partial charge in [-0.3, -0.25) is 0 Å². The number of fused-ring (bicyclic) bond motifs is 1. The van der Waals surface area contributed by atoms with Crippen molar-refractivity contribution in [3.63, 3.8) is 0 Å². The summed E-state index contributed by atoms with van der Waals surface area (Å²) in [6, 6.07) is 8.39. The highest BCUT2D eigenvalue weighted by atomic mass is 35.5. The molecule has 3 heteroatoms. The van der Waals surface area contributed by atoms with E-state index in [9.17, 15) is 0 Å². The lowest BCUT2D eigenvalue weighted by molar-refractivity contribution is 0.593. The summed E-state index contributed by atoms with van der Waals surface area (Å²) in [6.07, 6.45) is 1.01. The van der Waals surface area contributed by atoms with Gasteiger partial charge in [0.15, 0.2) is 0 Å². The highest BCUT2D eigenvalue weighted by molar-refractivity contribution is 6.30. The van der Waals surface area contributed by atoms with Crippen molar-refractivity contribution in [1.82, 2.24) is 4.98 Å². The second kappa shape index (κ2) is 5.03. The summed E-state index contributed by atoms with van der Waals surface area (Å²) < 4.78 is 0. The Morgan fingerprint density at radius 1 is 1.35 bits per heavy atom. The summed E-state index contributed by atoms with van der Waals surface area (Å²) >= 11 is 6.01. The Morgan fingerprint density at radius 3 is 2.82 bits per heavy atom. The van der Waals surface area contributed by atoms with Crippen LogP contribution in [0.2, 0.25) is 5.15 Å². The van der Waals surface area contributed by atoms with E-state index in [2.05, 4.69) is 30.1 Å². The minimum absolute atomic E-state index is 0.508. The molecule has 0 aliphatic carbocycles. The van der Waals surface area contributed by atoms with Gasteiger partial charge < -0.3 is 5.73 Å². The van der Waals surface area contributed by atoms with E-state index in [0.717, 1.165) is 29.4 Å². The van der Waals surface area contributed by atoms with Crippen LogP contribution in [0, 0.1) is 12.8 Å². The van der Waals surface area contributed by atoms with Gasteiger partial charge >= 0.3 is 0 Å². The fraction of sp³-hybridized carbons (Fsp3) is 0.357. The molecule has 2 nitrogen and oxygen atoms in total. The molecule has 0 aliphatic rings. The van der Waals surface area contributed by atoms with Gasteiger partial charge in [-0.1, -0.05) is 24.6 Å². The Morgan fingerprint density at radius 2 is 2.12 bits per heavy atom. The van der Waals surface area contributed by atoms with Crippen molar-refractivity contribution in [2.75, 3.05) is 6.54 Å². The molecule has 1 aromatic heterocycles. The highest BCUT2D eigenvalue weighted by Crippen LogP contribution is 2.21. The number of aromatic nitrogens is 1. The molecule has 2 aromatic rings. The molecule has 1 heterocycles. The molecule has 0 amide bonds. The molecular formula is C14H17ClN2. The normalized spacial score (nSPS) is 12.9. The largest absolute Gasteiger partial charge is 0.330 e. The monoisotopic (exact) mass is 248 g/mol. The third-order valence-corrected chi connectivity index (χ3v) is 3.38. The number of aryl methyl sites for hydroxylation is 1. The van der Waals surface area contributed by atoms with Gasteiger partial charge in [-0.25, -0.2) is 4.98 Å². The Hall–Kier alpha value is -1.12. The summed E-state index contributed by atoms with van der Waals surface area (Å²) in [5.41, 5.74) is 8.92. The minimum Gasteiger partial charge on any atom is -0.330 e. The fourth-order valence-corrected chi connectivity index (χ4v) is 2.07. The quantitative estimate of drug-likeness (QED) is 0.847. The third-order valence-electron chi connectivity index (χ3n) is 2.99. The van der Waals surface area contributed by atoms with Gasteiger partial charge in [0.1, 0.15) is 5.15 Å². The first-order chi connectivity index (χ1) is 8.10. The summed E-state index contributed by atoms with van der Waals surface area (Å²) in [5, 5.41) is 1.73. The zero-order valence-electron chi connectivity index (χ0n) is 10.2. The van der Waals surface area contributed by atoms with Gasteiger partial charge in [-0.15, -0.1) is 0 Å². The molecular weight excluding hydrogens is 232 g/mol. The summed E-state index contributed by atoms with van der Waals surface area (Å²) in [6.45, 7) is 4.86. The number of hydrogen-bond acceptors (Lipinski definition) is 2. The number of nitrogens with zero attached hydrogens (tertiary/aromatic N) is 1. The standard InChI is InChI=1S/C14H17ClN2/c1-9(8-16)5-11-3-4-13-12(7-11)6-10(2)14(15)17-13/h3-4,6-7,9H,5,8,16H2,1-2H3. The van der Waals surface area contributed by atoms with Crippen molar-refractivity contribution >= 4 is 22.5 Å². The highest BCUT2D eigenvalue weighted by Gasteiger charge is 2.05. The SMILES string of the molecule is Cc1cc2cc(CC(C)CN)ccc2nc1Cl. The summed E-state index contributed by atoms with van der Waals surface area (Å²) in [7, 11) is 0. The number of nitrogens with two attached hydrogens (primary N) is 1. The van der Waals surface area contributed by atoms with Crippen LogP contribution in [0.3, 0.4) is 0 Å². The molecule has 0 fully saturated rings. The lowest BCUT2D eigenvalue weighted by atomic mass is 9.99. The predicted molar refractivity (Wildman–Crippen MR) is 73.4 cm³/mol. The molecule has 0 bridgehead atoms. The van der Waals surface area contributed by atoms with Crippen LogP contribution in [0.5, 0.6) is 0 Å². The van der Waals surface area contributed by atoms with Crippen LogP contribution < -0.4 is 5.73 Å². The van der Waals surface area contributed by atoms with E-state index < -0.39 is 0 Å². The van der Waals surface area contributed by atoms with Crippen molar-refractivity contribution in [2.45, 2.75) is 20.3 Å². The minimum atomic E-state index is 0.508. The Bertz CT molecular complexity index is 537. The average Bonchev–Trinajstić information content (AvgIpc) is 2.31. The number of rotatable bonds is 3. The Labute approximate surface area is 107 Å². The lowest BCUT2D eigenvalue weighted by Crippen LogP contribution is -2.13.